The molecule has 96 valence electrons. The summed E-state index contributed by atoms with van der Waals surface area (Å²) < 4.78 is 21.2. The van der Waals surface area contributed by atoms with Gasteiger partial charge in [0.05, 0.1) is 0 Å². The van der Waals surface area contributed by atoms with Crippen LogP contribution >= 0.6 is 15.2 Å². The minimum absolute atomic E-state index is 0.102. The van der Waals surface area contributed by atoms with Crippen LogP contribution in [0.3, 0.4) is 0 Å². The average Bonchev–Trinajstić information content (AvgIpc) is 1.99. The number of hydrogen-bond donors (Lipinski definition) is 6. The molecule has 16 heavy (non-hydrogen) atoms. The third-order valence-electron chi connectivity index (χ3n) is 1.23. The molecule has 0 atom stereocenters. The fourth-order valence-corrected chi connectivity index (χ4v) is 2.32. The van der Waals surface area contributed by atoms with Crippen LogP contribution in [-0.4, -0.2) is 47.4 Å². The number of hydrogen-bond acceptors (Lipinski definition) is 6. The van der Waals surface area contributed by atoms with Crippen LogP contribution < -0.4 is 0 Å². The maximum atomic E-state index is 10.6. The normalized spacial score (nSPS) is 13.7. The molecule has 0 bridgehead atoms. The van der Waals surface area contributed by atoms with Crippen molar-refractivity contribution in [3.63, 3.8) is 0 Å². The Morgan fingerprint density at radius 2 is 1.50 bits per heavy atom. The summed E-state index contributed by atoms with van der Waals surface area (Å²) >= 11 is 0. The SMILES string of the molecule is O=P(O)(O)CN(CP(=O)(O)O)/C(=C/O)OO. The van der Waals surface area contributed by atoms with Crippen LogP contribution in [0.25, 0.3) is 0 Å². The van der Waals surface area contributed by atoms with E-state index in [0.29, 0.717) is 4.90 Å². The molecule has 0 amide bonds. The van der Waals surface area contributed by atoms with E-state index in [1.165, 1.54) is 0 Å². The highest BCUT2D eigenvalue weighted by atomic mass is 31.2. The molecule has 6 N–H and O–H groups in total. The van der Waals surface area contributed by atoms with Gasteiger partial charge in [-0.1, -0.05) is 0 Å². The first-order valence-electron chi connectivity index (χ1n) is 3.59. The summed E-state index contributed by atoms with van der Waals surface area (Å²) in [5.74, 6) is -0.897. The topological polar surface area (TPSA) is 168 Å². The van der Waals surface area contributed by atoms with Crippen molar-refractivity contribution >= 4 is 15.2 Å². The summed E-state index contributed by atoms with van der Waals surface area (Å²) in [5.41, 5.74) is 0. The van der Waals surface area contributed by atoms with Crippen LogP contribution in [0.2, 0.25) is 0 Å². The van der Waals surface area contributed by atoms with Crippen molar-refractivity contribution in [2.75, 3.05) is 12.6 Å². The lowest BCUT2D eigenvalue weighted by Gasteiger charge is -2.23. The first-order valence-corrected chi connectivity index (χ1v) is 7.18. The van der Waals surface area contributed by atoms with Gasteiger partial charge in [0.25, 0.3) is 5.88 Å². The zero-order valence-electron chi connectivity index (χ0n) is 7.74. The Bertz CT molecular complexity index is 317. The second-order valence-electron chi connectivity index (χ2n) is 2.71. The summed E-state index contributed by atoms with van der Waals surface area (Å²) in [7, 11) is -9.30. The van der Waals surface area contributed by atoms with Gasteiger partial charge in [0.2, 0.25) is 0 Å². The molecule has 0 radical (unpaired) electrons. The predicted molar refractivity (Wildman–Crippen MR) is 50.1 cm³/mol. The average molecular weight is 279 g/mol. The molecule has 0 aliphatic rings. The van der Waals surface area contributed by atoms with E-state index < -0.39 is 33.6 Å². The van der Waals surface area contributed by atoms with Crippen LogP contribution in [0.5, 0.6) is 0 Å². The van der Waals surface area contributed by atoms with E-state index in [0.717, 1.165) is 0 Å². The van der Waals surface area contributed by atoms with E-state index in [-0.39, 0.29) is 6.26 Å². The Hall–Kier alpha value is -0.600. The first-order chi connectivity index (χ1) is 7.09. The molecular formula is C4H11NO9P2. The smallest absolute Gasteiger partial charge is 0.344 e. The van der Waals surface area contributed by atoms with Gasteiger partial charge in [-0.05, 0) is 0 Å². The maximum absolute atomic E-state index is 10.6. The van der Waals surface area contributed by atoms with Crippen LogP contribution in [0, 0.1) is 0 Å². The molecule has 0 aromatic heterocycles. The Kier molecular flexibility index (Phi) is 5.43. The Labute approximate surface area is 89.6 Å². The van der Waals surface area contributed by atoms with Crippen LogP contribution in [0.15, 0.2) is 12.1 Å². The molecule has 0 unspecified atom stereocenters. The summed E-state index contributed by atoms with van der Waals surface area (Å²) in [6.45, 7) is 0. The zero-order chi connectivity index (χ0) is 13.0. The zero-order valence-corrected chi connectivity index (χ0v) is 9.53. The van der Waals surface area contributed by atoms with Gasteiger partial charge in [0.1, 0.15) is 18.8 Å². The highest BCUT2D eigenvalue weighted by Crippen LogP contribution is 2.42. The number of aliphatic hydroxyl groups is 1. The Morgan fingerprint density at radius 1 is 1.12 bits per heavy atom. The molecule has 12 heteroatoms. The van der Waals surface area contributed by atoms with Crippen molar-refractivity contribution in [1.82, 2.24) is 4.90 Å². The van der Waals surface area contributed by atoms with Crippen molar-refractivity contribution in [2.45, 2.75) is 0 Å². The molecule has 0 aliphatic carbocycles. The van der Waals surface area contributed by atoms with E-state index >= 15 is 0 Å². The fraction of sp³-hybridized carbons (Fsp3) is 0.500. The minimum Gasteiger partial charge on any atom is -0.510 e. The third-order valence-corrected chi connectivity index (χ3v) is 2.65. The highest BCUT2D eigenvalue weighted by Gasteiger charge is 2.28. The second kappa shape index (κ2) is 5.65. The molecule has 0 fully saturated rings. The number of nitrogens with zero attached hydrogens (tertiary/aromatic N) is 1. The lowest BCUT2D eigenvalue weighted by molar-refractivity contribution is -0.224. The van der Waals surface area contributed by atoms with E-state index in [1.54, 1.807) is 0 Å². The van der Waals surface area contributed by atoms with E-state index in [9.17, 15) is 9.13 Å². The molecule has 0 spiro atoms. The van der Waals surface area contributed by atoms with Crippen molar-refractivity contribution in [3.8, 4) is 0 Å². The third kappa shape index (κ3) is 6.81. The Balaban J connectivity index is 4.92. The van der Waals surface area contributed by atoms with Gasteiger partial charge < -0.3 is 34.5 Å². The van der Waals surface area contributed by atoms with Crippen LogP contribution in [0.1, 0.15) is 0 Å². The van der Waals surface area contributed by atoms with Crippen LogP contribution in [0.4, 0.5) is 0 Å². The summed E-state index contributed by atoms with van der Waals surface area (Å²) in [6, 6.07) is 0. The van der Waals surface area contributed by atoms with E-state index in [2.05, 4.69) is 4.89 Å². The maximum Gasteiger partial charge on any atom is 0.344 e. The van der Waals surface area contributed by atoms with Gasteiger partial charge in [-0.25, -0.2) is 5.26 Å². The molecule has 0 saturated carbocycles. The number of aliphatic hydroxyl groups excluding tert-OH is 1. The van der Waals surface area contributed by atoms with Gasteiger partial charge in [0, 0.05) is 0 Å². The Morgan fingerprint density at radius 3 is 1.69 bits per heavy atom. The molecule has 0 rings (SSSR count). The number of rotatable bonds is 6. The molecule has 0 aliphatic heterocycles. The summed E-state index contributed by atoms with van der Waals surface area (Å²) in [6.07, 6.45) is -2.17. The van der Waals surface area contributed by atoms with E-state index in [1.807, 2.05) is 0 Å². The van der Waals surface area contributed by atoms with Crippen LogP contribution in [-0.2, 0) is 14.0 Å². The molecule has 0 heterocycles. The van der Waals surface area contributed by atoms with Gasteiger partial charge in [0.15, 0.2) is 0 Å². The minimum atomic E-state index is -4.65. The van der Waals surface area contributed by atoms with Gasteiger partial charge >= 0.3 is 15.2 Å². The highest BCUT2D eigenvalue weighted by molar-refractivity contribution is 7.52. The van der Waals surface area contributed by atoms with Gasteiger partial charge in [-0.2, -0.15) is 0 Å². The monoisotopic (exact) mass is 279 g/mol. The summed E-state index contributed by atoms with van der Waals surface area (Å²) in [5, 5.41) is 16.7. The molecule has 10 nitrogen and oxygen atoms in total. The second-order valence-corrected chi connectivity index (χ2v) is 5.94. The fourth-order valence-electron chi connectivity index (χ4n) is 0.792. The molecule has 0 aromatic carbocycles. The largest absolute Gasteiger partial charge is 0.510 e. The van der Waals surface area contributed by atoms with Gasteiger partial charge in [-0.15, -0.1) is 0 Å². The predicted octanol–water partition coefficient (Wildman–Crippen LogP) is -0.595. The van der Waals surface area contributed by atoms with Crippen molar-refractivity contribution in [3.05, 3.63) is 12.1 Å². The van der Waals surface area contributed by atoms with Crippen molar-refractivity contribution < 1.29 is 44.0 Å². The van der Waals surface area contributed by atoms with E-state index in [4.69, 9.17) is 29.9 Å². The lowest BCUT2D eigenvalue weighted by atomic mass is 10.7. The first kappa shape index (κ1) is 15.4. The standard InChI is InChI=1S/C4H11NO9P2/c6-1-4(14-7)5(2-15(8,9)10)3-16(11,12)13/h1,6-7H,2-3H2,(H2,8,9,10)(H2,11,12,13)/b4-1-. The quantitative estimate of drug-likeness (QED) is 0.160. The molecule has 0 saturated heterocycles. The van der Waals surface area contributed by atoms with Crippen molar-refractivity contribution in [2.24, 2.45) is 0 Å². The van der Waals surface area contributed by atoms with Gasteiger partial charge in [-0.3, -0.25) is 9.13 Å². The molecule has 0 aromatic rings. The van der Waals surface area contributed by atoms with Crippen molar-refractivity contribution in [1.29, 1.82) is 0 Å². The molecular weight excluding hydrogens is 268 g/mol. The lowest BCUT2D eigenvalue weighted by Crippen LogP contribution is -2.26. The summed E-state index contributed by atoms with van der Waals surface area (Å²) in [4.78, 5) is 38.2.